The molecule has 3 heteroatoms. The lowest BCUT2D eigenvalue weighted by atomic mass is 10.0. The van der Waals surface area contributed by atoms with Gasteiger partial charge in [0, 0.05) is 12.8 Å². The second-order valence-corrected chi connectivity index (χ2v) is 7.28. The summed E-state index contributed by atoms with van der Waals surface area (Å²) in [5.74, 6) is 0. The number of hydrogen-bond acceptors (Lipinski definition) is 3. The number of rotatable bonds is 15. The van der Waals surface area contributed by atoms with E-state index in [0.717, 1.165) is 6.54 Å². The summed E-state index contributed by atoms with van der Waals surface area (Å²) >= 11 is 0. The van der Waals surface area contributed by atoms with Crippen LogP contribution in [-0.4, -0.2) is 30.0 Å². The van der Waals surface area contributed by atoms with Crippen LogP contribution in [0.5, 0.6) is 0 Å². The van der Waals surface area contributed by atoms with Crippen LogP contribution in [0.1, 0.15) is 104 Å². The monoisotopic (exact) mass is 323 g/mol. The first-order valence-electron chi connectivity index (χ1n) is 10.3. The summed E-state index contributed by atoms with van der Waals surface area (Å²) in [6.45, 7) is 5.28. The second-order valence-electron chi connectivity index (χ2n) is 7.28. The van der Waals surface area contributed by atoms with E-state index < -0.39 is 0 Å². The van der Waals surface area contributed by atoms with Gasteiger partial charge in [-0.3, -0.25) is 9.89 Å². The molecular formula is C20H41N3. The summed E-state index contributed by atoms with van der Waals surface area (Å²) in [6, 6.07) is 0. The maximum absolute atomic E-state index is 5.98. The fraction of sp³-hybridized carbons (Fsp3) is 0.950. The molecule has 0 saturated carbocycles. The molecule has 23 heavy (non-hydrogen) atoms. The van der Waals surface area contributed by atoms with Gasteiger partial charge in [-0.15, -0.1) is 0 Å². The van der Waals surface area contributed by atoms with E-state index in [4.69, 9.17) is 5.73 Å². The van der Waals surface area contributed by atoms with Crippen LogP contribution in [0.4, 0.5) is 0 Å². The van der Waals surface area contributed by atoms with Crippen LogP contribution in [0.15, 0.2) is 4.99 Å². The Morgan fingerprint density at radius 2 is 1.39 bits per heavy atom. The molecule has 2 atom stereocenters. The van der Waals surface area contributed by atoms with E-state index in [2.05, 4.69) is 23.7 Å². The van der Waals surface area contributed by atoms with Gasteiger partial charge in [0.25, 0.3) is 0 Å². The van der Waals surface area contributed by atoms with Crippen LogP contribution in [-0.2, 0) is 0 Å². The summed E-state index contributed by atoms with van der Waals surface area (Å²) in [7, 11) is 0. The predicted octanol–water partition coefficient (Wildman–Crippen LogP) is 5.48. The van der Waals surface area contributed by atoms with Gasteiger partial charge in [-0.2, -0.15) is 0 Å². The minimum Gasteiger partial charge on any atom is -0.316 e. The SMILES string of the molecule is CCCCCCCCCCCCCCCC1N=CCN1C(C)N. The molecule has 136 valence electrons. The Hall–Kier alpha value is -0.410. The summed E-state index contributed by atoms with van der Waals surface area (Å²) in [6.07, 6.45) is 22.1. The molecule has 0 spiro atoms. The minimum absolute atomic E-state index is 0.129. The molecule has 0 bridgehead atoms. The highest BCUT2D eigenvalue weighted by molar-refractivity contribution is 5.62. The molecule has 0 aromatic heterocycles. The van der Waals surface area contributed by atoms with Gasteiger partial charge < -0.3 is 5.73 Å². The van der Waals surface area contributed by atoms with Crippen LogP contribution < -0.4 is 5.73 Å². The van der Waals surface area contributed by atoms with E-state index in [1.165, 1.54) is 89.9 Å². The van der Waals surface area contributed by atoms with E-state index >= 15 is 0 Å². The highest BCUT2D eigenvalue weighted by atomic mass is 15.3. The van der Waals surface area contributed by atoms with Crippen molar-refractivity contribution in [2.75, 3.05) is 6.54 Å². The van der Waals surface area contributed by atoms with Gasteiger partial charge in [0.05, 0.1) is 6.17 Å². The summed E-state index contributed by atoms with van der Waals surface area (Å²) in [5, 5.41) is 0. The van der Waals surface area contributed by atoms with Gasteiger partial charge in [-0.25, -0.2) is 0 Å². The second kappa shape index (κ2) is 14.0. The first-order valence-corrected chi connectivity index (χ1v) is 10.3. The number of hydrogen-bond donors (Lipinski definition) is 1. The average Bonchev–Trinajstić information content (AvgIpc) is 3.00. The van der Waals surface area contributed by atoms with Gasteiger partial charge in [-0.1, -0.05) is 84.0 Å². The van der Waals surface area contributed by atoms with E-state index in [-0.39, 0.29) is 6.17 Å². The Morgan fingerprint density at radius 3 is 1.87 bits per heavy atom. The van der Waals surface area contributed by atoms with Crippen LogP contribution in [0.2, 0.25) is 0 Å². The van der Waals surface area contributed by atoms with E-state index in [9.17, 15) is 0 Å². The van der Waals surface area contributed by atoms with Crippen molar-refractivity contribution in [3.05, 3.63) is 0 Å². The van der Waals surface area contributed by atoms with Gasteiger partial charge in [0.15, 0.2) is 0 Å². The van der Waals surface area contributed by atoms with Crippen LogP contribution in [0.25, 0.3) is 0 Å². The fourth-order valence-electron chi connectivity index (χ4n) is 3.49. The average molecular weight is 324 g/mol. The molecule has 0 saturated heterocycles. The first kappa shape index (κ1) is 20.6. The third-order valence-electron chi connectivity index (χ3n) is 5.04. The van der Waals surface area contributed by atoms with Crippen LogP contribution in [0.3, 0.4) is 0 Å². The predicted molar refractivity (Wildman–Crippen MR) is 103 cm³/mol. The van der Waals surface area contributed by atoms with Crippen LogP contribution >= 0.6 is 0 Å². The van der Waals surface area contributed by atoms with Gasteiger partial charge in [0.2, 0.25) is 0 Å². The molecule has 0 amide bonds. The molecule has 0 aliphatic carbocycles. The molecule has 0 aromatic carbocycles. The molecule has 2 unspecified atom stereocenters. The molecule has 1 rings (SSSR count). The van der Waals surface area contributed by atoms with Gasteiger partial charge >= 0.3 is 0 Å². The lowest BCUT2D eigenvalue weighted by molar-refractivity contribution is 0.182. The normalized spacial score (nSPS) is 19.5. The number of nitrogens with two attached hydrogens (primary N) is 1. The highest BCUT2D eigenvalue weighted by Gasteiger charge is 2.22. The number of aliphatic imine (C=N–C) groups is 1. The third kappa shape index (κ3) is 10.1. The molecule has 3 nitrogen and oxygen atoms in total. The fourth-order valence-corrected chi connectivity index (χ4v) is 3.49. The third-order valence-corrected chi connectivity index (χ3v) is 5.04. The zero-order valence-corrected chi connectivity index (χ0v) is 15.8. The maximum atomic E-state index is 5.98. The topological polar surface area (TPSA) is 41.6 Å². The molecule has 0 aromatic rings. The van der Waals surface area contributed by atoms with Gasteiger partial charge in [-0.05, 0) is 19.8 Å². The van der Waals surface area contributed by atoms with Gasteiger partial charge in [0.1, 0.15) is 6.17 Å². The Bertz CT molecular complexity index is 289. The number of nitrogens with zero attached hydrogens (tertiary/aromatic N) is 2. The van der Waals surface area contributed by atoms with Crippen molar-refractivity contribution in [1.82, 2.24) is 4.90 Å². The molecule has 1 heterocycles. The van der Waals surface area contributed by atoms with Crippen molar-refractivity contribution < 1.29 is 0 Å². The minimum atomic E-state index is 0.129. The van der Waals surface area contributed by atoms with Crippen molar-refractivity contribution >= 4 is 6.21 Å². The quantitative estimate of drug-likeness (QED) is 0.405. The molecule has 1 aliphatic heterocycles. The van der Waals surface area contributed by atoms with Crippen molar-refractivity contribution in [3.8, 4) is 0 Å². The molecular weight excluding hydrogens is 282 g/mol. The van der Waals surface area contributed by atoms with Crippen molar-refractivity contribution in [2.45, 2.75) is 116 Å². The maximum Gasteiger partial charge on any atom is 0.103 e. The molecule has 2 N–H and O–H groups in total. The lowest BCUT2D eigenvalue weighted by Gasteiger charge is -2.26. The van der Waals surface area contributed by atoms with E-state index in [1.54, 1.807) is 0 Å². The smallest absolute Gasteiger partial charge is 0.103 e. The summed E-state index contributed by atoms with van der Waals surface area (Å²) < 4.78 is 0. The molecule has 0 radical (unpaired) electrons. The molecule has 1 aliphatic rings. The number of unbranched alkanes of at least 4 members (excludes halogenated alkanes) is 12. The van der Waals surface area contributed by atoms with E-state index in [0.29, 0.717) is 6.17 Å². The zero-order valence-electron chi connectivity index (χ0n) is 15.8. The summed E-state index contributed by atoms with van der Waals surface area (Å²) in [4.78, 5) is 6.85. The van der Waals surface area contributed by atoms with Crippen molar-refractivity contribution in [3.63, 3.8) is 0 Å². The highest BCUT2D eigenvalue weighted by Crippen LogP contribution is 2.17. The van der Waals surface area contributed by atoms with Crippen LogP contribution in [0, 0.1) is 0 Å². The van der Waals surface area contributed by atoms with Crippen molar-refractivity contribution in [2.24, 2.45) is 10.7 Å². The van der Waals surface area contributed by atoms with E-state index in [1.807, 2.05) is 6.21 Å². The Morgan fingerprint density at radius 1 is 0.913 bits per heavy atom. The standard InChI is InChI=1S/C20H41N3/c1-3-4-5-6-7-8-9-10-11-12-13-14-15-16-20-22-17-18-23(20)19(2)21/h17,19-20H,3-16,18,21H2,1-2H3. The van der Waals surface area contributed by atoms with Crippen molar-refractivity contribution in [1.29, 1.82) is 0 Å². The largest absolute Gasteiger partial charge is 0.316 e. The zero-order chi connectivity index (χ0) is 16.8. The Kier molecular flexibility index (Phi) is 12.5. The summed E-state index contributed by atoms with van der Waals surface area (Å²) in [5.41, 5.74) is 5.98. The molecule has 0 fully saturated rings. The first-order chi connectivity index (χ1) is 11.3. The Labute approximate surface area is 145 Å². The lowest BCUT2D eigenvalue weighted by Crippen LogP contribution is -2.43. The Balaban J connectivity index is 1.81.